The fourth-order valence-electron chi connectivity index (χ4n) is 4.44. The normalized spacial score (nSPS) is 20.1. The molecule has 1 saturated heterocycles. The van der Waals surface area contributed by atoms with Crippen LogP contribution in [0.4, 0.5) is 14.6 Å². The maximum absolute atomic E-state index is 14.7. The zero-order valence-electron chi connectivity index (χ0n) is 21.4. The van der Waals surface area contributed by atoms with E-state index in [0.717, 1.165) is 49.0 Å². The van der Waals surface area contributed by atoms with Crippen molar-refractivity contribution in [1.82, 2.24) is 20.2 Å². The first-order valence-corrected chi connectivity index (χ1v) is 12.4. The zero-order chi connectivity index (χ0) is 26.9. The number of hydrogen-bond acceptors (Lipinski definition) is 7. The van der Waals surface area contributed by atoms with Crippen molar-refractivity contribution in [2.45, 2.75) is 39.5 Å². The van der Waals surface area contributed by atoms with E-state index < -0.39 is 11.7 Å². The Kier molecular flexibility index (Phi) is 9.93. The summed E-state index contributed by atoms with van der Waals surface area (Å²) in [5.41, 5.74) is 7.88. The molecule has 37 heavy (non-hydrogen) atoms. The van der Waals surface area contributed by atoms with Gasteiger partial charge in [-0.15, -0.1) is 0 Å². The number of nitrogens with one attached hydrogen (secondary N) is 1. The fraction of sp³-hybridized carbons (Fsp3) is 0.423. The first-order valence-electron chi connectivity index (χ1n) is 12.4. The molecule has 1 aromatic heterocycles. The number of allylic oxidation sites excluding steroid dienone is 5. The summed E-state index contributed by atoms with van der Waals surface area (Å²) in [7, 11) is 0. The van der Waals surface area contributed by atoms with Crippen LogP contribution in [0.15, 0.2) is 59.0 Å². The van der Waals surface area contributed by atoms with Crippen molar-refractivity contribution in [3.8, 4) is 0 Å². The maximum Gasteiger partial charge on any atom is 0.227 e. The second kappa shape index (κ2) is 13.1. The Morgan fingerprint density at radius 2 is 2.19 bits per heavy atom. The van der Waals surface area contributed by atoms with Crippen molar-refractivity contribution in [2.24, 2.45) is 22.7 Å². The number of hydrazone groups is 1. The quantitative estimate of drug-likeness (QED) is 0.110. The van der Waals surface area contributed by atoms with Crippen LogP contribution in [-0.2, 0) is 4.79 Å². The molecular weight excluding hydrogens is 478 g/mol. The molecule has 3 heterocycles. The van der Waals surface area contributed by atoms with Gasteiger partial charge in [0.2, 0.25) is 5.91 Å². The van der Waals surface area contributed by atoms with Crippen molar-refractivity contribution < 1.29 is 13.6 Å². The lowest BCUT2D eigenvalue weighted by atomic mass is 9.95. The summed E-state index contributed by atoms with van der Waals surface area (Å²) in [4.78, 5) is 19.0. The van der Waals surface area contributed by atoms with Crippen molar-refractivity contribution in [2.75, 3.05) is 31.9 Å². The van der Waals surface area contributed by atoms with E-state index >= 15 is 0 Å². The van der Waals surface area contributed by atoms with E-state index in [1.807, 2.05) is 17.9 Å². The molecule has 1 atom stereocenters. The van der Waals surface area contributed by atoms with Gasteiger partial charge in [-0.05, 0) is 63.3 Å². The predicted octanol–water partition coefficient (Wildman–Crippen LogP) is 3.10. The molecule has 0 spiro atoms. The predicted molar refractivity (Wildman–Crippen MR) is 143 cm³/mol. The van der Waals surface area contributed by atoms with E-state index in [-0.39, 0.29) is 34.7 Å². The van der Waals surface area contributed by atoms with Crippen LogP contribution < -0.4 is 22.7 Å². The van der Waals surface area contributed by atoms with Gasteiger partial charge in [0.05, 0.1) is 17.2 Å². The van der Waals surface area contributed by atoms with E-state index in [1.165, 1.54) is 6.08 Å². The fourth-order valence-corrected chi connectivity index (χ4v) is 4.44. The lowest BCUT2D eigenvalue weighted by Gasteiger charge is -2.32. The highest BCUT2D eigenvalue weighted by atomic mass is 19.2. The largest absolute Gasteiger partial charge is 0.383 e. The average Bonchev–Trinajstić information content (AvgIpc) is 2.92. The molecule has 0 saturated carbocycles. The zero-order valence-corrected chi connectivity index (χ0v) is 21.4. The summed E-state index contributed by atoms with van der Waals surface area (Å²) >= 11 is 0. The lowest BCUT2D eigenvalue weighted by Crippen LogP contribution is -2.44. The molecule has 1 unspecified atom stereocenters. The van der Waals surface area contributed by atoms with Gasteiger partial charge in [-0.3, -0.25) is 9.80 Å². The minimum atomic E-state index is -1.14. The molecule has 0 bridgehead atoms. The molecule has 3 rings (SSSR count). The van der Waals surface area contributed by atoms with Gasteiger partial charge in [0.25, 0.3) is 0 Å². The molecule has 0 aromatic carbocycles. The Morgan fingerprint density at radius 1 is 1.41 bits per heavy atom. The van der Waals surface area contributed by atoms with Gasteiger partial charge in [-0.2, -0.15) is 5.10 Å². The summed E-state index contributed by atoms with van der Waals surface area (Å²) < 4.78 is 28.5. The number of rotatable bonds is 7. The second-order valence-corrected chi connectivity index (χ2v) is 9.03. The number of halogens is 2. The Labute approximate surface area is 216 Å². The van der Waals surface area contributed by atoms with Crippen molar-refractivity contribution in [3.05, 3.63) is 65.0 Å². The van der Waals surface area contributed by atoms with Crippen LogP contribution in [-0.4, -0.2) is 52.8 Å². The van der Waals surface area contributed by atoms with Gasteiger partial charge in [0, 0.05) is 25.8 Å². The Hall–Kier alpha value is -3.57. The molecule has 0 radical (unpaired) electrons. The topological polar surface area (TPSA) is 139 Å². The second-order valence-electron chi connectivity index (χ2n) is 9.03. The SMILES string of the molecule is C/C=C\CC=C(/C(F)=C(\C)F)N(N)/C(=N\N)c1cc(C2=CCN(C(=O)C3CCCNC3)CC2)cnc1N. The number of nitrogen functional groups attached to an aromatic ring is 1. The van der Waals surface area contributed by atoms with Gasteiger partial charge in [0.15, 0.2) is 11.7 Å². The van der Waals surface area contributed by atoms with Crippen molar-refractivity contribution >= 4 is 23.1 Å². The Morgan fingerprint density at radius 3 is 2.78 bits per heavy atom. The van der Waals surface area contributed by atoms with Crippen LogP contribution in [0, 0.1) is 5.92 Å². The molecule has 200 valence electrons. The number of piperidine rings is 1. The summed E-state index contributed by atoms with van der Waals surface area (Å²) in [6, 6.07) is 1.72. The highest BCUT2D eigenvalue weighted by molar-refractivity contribution is 6.03. The van der Waals surface area contributed by atoms with E-state index in [0.29, 0.717) is 25.9 Å². The molecule has 0 aliphatic carbocycles. The molecule has 1 fully saturated rings. The highest BCUT2D eigenvalue weighted by Crippen LogP contribution is 2.28. The van der Waals surface area contributed by atoms with Crippen LogP contribution in [0.25, 0.3) is 5.57 Å². The van der Waals surface area contributed by atoms with Gasteiger partial charge in [-0.25, -0.2) is 19.6 Å². The van der Waals surface area contributed by atoms with Crippen molar-refractivity contribution in [1.29, 1.82) is 0 Å². The number of anilines is 1. The smallest absolute Gasteiger partial charge is 0.227 e. The Bertz CT molecular complexity index is 1130. The highest BCUT2D eigenvalue weighted by Gasteiger charge is 2.28. The van der Waals surface area contributed by atoms with Crippen LogP contribution >= 0.6 is 0 Å². The van der Waals surface area contributed by atoms with E-state index in [1.54, 1.807) is 24.4 Å². The van der Waals surface area contributed by atoms with E-state index in [2.05, 4.69) is 15.4 Å². The molecule has 11 heteroatoms. The first-order chi connectivity index (χ1) is 17.8. The first kappa shape index (κ1) is 28.0. The molecular formula is C26H36F2N8O. The van der Waals surface area contributed by atoms with E-state index in [4.69, 9.17) is 17.4 Å². The standard InChI is InChI=1S/C26H36F2N8O/c1-3-4-5-8-22(23(28)17(2)27)36(31)25(34-30)21-14-20(16-33-24(21)29)18-9-12-35(13-10-18)26(37)19-7-6-11-32-15-19/h3-4,8-9,14,16,19,32H,5-7,10-13,15,30-31H2,1-2H3,(H2,29,33)/b4-3-,22-8?,23-17-,34-25-. The summed E-state index contributed by atoms with van der Waals surface area (Å²) in [6.45, 7) is 5.57. The summed E-state index contributed by atoms with van der Waals surface area (Å²) in [6.07, 6.45) is 11.4. The number of hydrogen-bond donors (Lipinski definition) is 4. The lowest BCUT2D eigenvalue weighted by molar-refractivity contribution is -0.135. The molecule has 2 aliphatic heterocycles. The number of carbonyl (C=O) groups excluding carboxylic acids is 1. The number of pyridine rings is 1. The van der Waals surface area contributed by atoms with Gasteiger partial charge >= 0.3 is 0 Å². The van der Waals surface area contributed by atoms with Crippen molar-refractivity contribution in [3.63, 3.8) is 0 Å². The summed E-state index contributed by atoms with van der Waals surface area (Å²) in [5.74, 6) is 9.85. The molecule has 1 amide bonds. The van der Waals surface area contributed by atoms with Gasteiger partial charge in [0.1, 0.15) is 11.6 Å². The number of nitrogens with two attached hydrogens (primary N) is 3. The van der Waals surface area contributed by atoms with Crippen LogP contribution in [0.3, 0.4) is 0 Å². The maximum atomic E-state index is 14.7. The number of nitrogens with zero attached hydrogens (tertiary/aromatic N) is 4. The number of carbonyl (C=O) groups is 1. The number of aromatic nitrogens is 1. The molecule has 7 N–H and O–H groups in total. The van der Waals surface area contributed by atoms with Crippen LogP contribution in [0.2, 0.25) is 0 Å². The van der Waals surface area contributed by atoms with E-state index in [9.17, 15) is 13.6 Å². The molecule has 1 aromatic rings. The third-order valence-corrected chi connectivity index (χ3v) is 6.52. The molecule has 9 nitrogen and oxygen atoms in total. The number of amides is 1. The minimum absolute atomic E-state index is 0.0184. The van der Waals surface area contributed by atoms with Crippen LogP contribution in [0.5, 0.6) is 0 Å². The minimum Gasteiger partial charge on any atom is -0.383 e. The monoisotopic (exact) mass is 514 g/mol. The van der Waals surface area contributed by atoms with Crippen LogP contribution in [0.1, 0.15) is 50.7 Å². The number of amidine groups is 1. The Balaban J connectivity index is 1.85. The third kappa shape index (κ3) is 6.80. The molecule has 2 aliphatic rings. The summed E-state index contributed by atoms with van der Waals surface area (Å²) in [5, 5.41) is 7.89. The third-order valence-electron chi connectivity index (χ3n) is 6.52. The van der Waals surface area contributed by atoms with Gasteiger partial charge < -0.3 is 21.8 Å². The average molecular weight is 515 g/mol. The van der Waals surface area contributed by atoms with Gasteiger partial charge in [-0.1, -0.05) is 24.3 Å². The number of hydrazine groups is 1.